The second kappa shape index (κ2) is 7.95. The maximum atomic E-state index is 14.9. The number of fused-ring (bicyclic) bond motifs is 1. The predicted octanol–water partition coefficient (Wildman–Crippen LogP) is 4.73. The van der Waals surface area contributed by atoms with Gasteiger partial charge in [-0.05, 0) is 44.4 Å². The molecule has 0 unspecified atom stereocenters. The number of benzene rings is 1. The third-order valence-electron chi connectivity index (χ3n) is 4.66. The van der Waals surface area contributed by atoms with Crippen molar-refractivity contribution in [1.82, 2.24) is 9.97 Å². The minimum absolute atomic E-state index is 0.0839. The van der Waals surface area contributed by atoms with Crippen molar-refractivity contribution in [2.24, 2.45) is 9.98 Å². The lowest BCUT2D eigenvalue weighted by Crippen LogP contribution is -2.10. The molecule has 1 aromatic carbocycles. The number of rotatable bonds is 5. The molecule has 6 nitrogen and oxygen atoms in total. The van der Waals surface area contributed by atoms with Crippen molar-refractivity contribution in [2.75, 3.05) is 11.9 Å². The number of aryl methyl sites for hydroxylation is 1. The fraction of sp³-hybridized carbons (Fsp3) is 0.273. The Kier molecular flexibility index (Phi) is 5.20. The topological polar surface area (TPSA) is 71.8 Å². The molecular weight excluding hydrogens is 369 g/mol. The van der Waals surface area contributed by atoms with Crippen LogP contribution in [0, 0.1) is 5.82 Å². The number of aliphatic imine (C=N–C) groups is 2. The van der Waals surface area contributed by atoms with Crippen LogP contribution in [0.3, 0.4) is 0 Å². The molecule has 7 heteroatoms. The van der Waals surface area contributed by atoms with E-state index in [-0.39, 0.29) is 17.6 Å². The fourth-order valence-corrected chi connectivity index (χ4v) is 3.29. The molecule has 0 saturated heterocycles. The van der Waals surface area contributed by atoms with Crippen molar-refractivity contribution >= 4 is 23.6 Å². The number of guanidine groups is 1. The maximum absolute atomic E-state index is 14.9. The molecule has 0 bridgehead atoms. The molecule has 148 valence electrons. The fourth-order valence-electron chi connectivity index (χ4n) is 3.29. The van der Waals surface area contributed by atoms with Gasteiger partial charge in [0.1, 0.15) is 5.82 Å². The van der Waals surface area contributed by atoms with Gasteiger partial charge in [0, 0.05) is 17.3 Å². The van der Waals surface area contributed by atoms with Crippen molar-refractivity contribution < 1.29 is 9.13 Å². The molecule has 0 atom stereocenters. The van der Waals surface area contributed by atoms with E-state index < -0.39 is 0 Å². The van der Waals surface area contributed by atoms with Gasteiger partial charge in [-0.25, -0.2) is 14.4 Å². The van der Waals surface area contributed by atoms with Gasteiger partial charge in [-0.2, -0.15) is 9.97 Å². The normalized spacial score (nSPS) is 15.2. The number of nitrogens with zero attached hydrogens (tertiary/aromatic N) is 4. The van der Waals surface area contributed by atoms with E-state index in [1.54, 1.807) is 6.07 Å². The van der Waals surface area contributed by atoms with Gasteiger partial charge < -0.3 is 10.1 Å². The van der Waals surface area contributed by atoms with Gasteiger partial charge in [-0.1, -0.05) is 30.7 Å². The first-order chi connectivity index (χ1) is 14.1. The van der Waals surface area contributed by atoms with E-state index in [1.165, 1.54) is 0 Å². The molecule has 0 fully saturated rings. The van der Waals surface area contributed by atoms with Crippen LogP contribution in [0.2, 0.25) is 0 Å². The zero-order valence-corrected chi connectivity index (χ0v) is 16.7. The summed E-state index contributed by atoms with van der Waals surface area (Å²) in [5, 5.41) is 3.09. The van der Waals surface area contributed by atoms with E-state index in [9.17, 15) is 4.39 Å². The summed E-state index contributed by atoms with van der Waals surface area (Å²) in [5.41, 5.74) is 4.32. The van der Waals surface area contributed by atoms with Gasteiger partial charge in [0.05, 0.1) is 12.3 Å². The Balaban J connectivity index is 1.59. The molecule has 0 saturated carbocycles. The highest BCUT2D eigenvalue weighted by molar-refractivity contribution is 6.12. The zero-order chi connectivity index (χ0) is 20.4. The van der Waals surface area contributed by atoms with Crippen LogP contribution in [0.15, 0.2) is 45.9 Å². The molecule has 2 aromatic rings. The van der Waals surface area contributed by atoms with E-state index in [0.29, 0.717) is 30.3 Å². The number of hydrogen-bond acceptors (Lipinski definition) is 6. The Morgan fingerprint density at radius 3 is 2.93 bits per heavy atom. The van der Waals surface area contributed by atoms with Crippen LogP contribution < -0.4 is 10.1 Å². The Morgan fingerprint density at radius 1 is 1.28 bits per heavy atom. The summed E-state index contributed by atoms with van der Waals surface area (Å²) in [5.74, 6) is 0.711. The minimum atomic E-state index is -0.389. The number of aromatic nitrogens is 2. The summed E-state index contributed by atoms with van der Waals surface area (Å²) in [6, 6.07) is 5.41. The Bertz CT molecular complexity index is 1080. The number of allylic oxidation sites excluding steroid dienone is 2. The summed E-state index contributed by atoms with van der Waals surface area (Å²) in [4.78, 5) is 17.5. The van der Waals surface area contributed by atoms with Gasteiger partial charge in [0.15, 0.2) is 11.6 Å². The van der Waals surface area contributed by atoms with Gasteiger partial charge in [-0.3, -0.25) is 0 Å². The SMILES string of the molecule is C/C=C/C1=NC(Nc2cc(CC)nc(Oc3ccc4c(c3F)C=C(C)C4)n2)=NC1. The molecule has 1 aliphatic carbocycles. The van der Waals surface area contributed by atoms with Gasteiger partial charge in [-0.15, -0.1) is 0 Å². The second-order valence-electron chi connectivity index (χ2n) is 6.97. The van der Waals surface area contributed by atoms with Gasteiger partial charge in [0.2, 0.25) is 5.96 Å². The van der Waals surface area contributed by atoms with Crippen LogP contribution >= 0.6 is 0 Å². The summed E-state index contributed by atoms with van der Waals surface area (Å²) >= 11 is 0. The third-order valence-corrected chi connectivity index (χ3v) is 4.66. The number of anilines is 1. The molecule has 1 aliphatic heterocycles. The summed E-state index contributed by atoms with van der Waals surface area (Å²) in [6.07, 6.45) is 7.14. The number of ether oxygens (including phenoxy) is 1. The molecule has 0 spiro atoms. The quantitative estimate of drug-likeness (QED) is 0.800. The van der Waals surface area contributed by atoms with Gasteiger partial charge >= 0.3 is 6.01 Å². The average Bonchev–Trinajstić information content (AvgIpc) is 3.30. The largest absolute Gasteiger partial charge is 0.421 e. The van der Waals surface area contributed by atoms with Crippen LogP contribution in [-0.2, 0) is 12.8 Å². The van der Waals surface area contributed by atoms with Crippen molar-refractivity contribution in [3.8, 4) is 11.8 Å². The third kappa shape index (κ3) is 4.08. The highest BCUT2D eigenvalue weighted by Gasteiger charge is 2.19. The van der Waals surface area contributed by atoms with Crippen molar-refractivity contribution in [3.63, 3.8) is 0 Å². The number of hydrogen-bond donors (Lipinski definition) is 1. The molecule has 1 aromatic heterocycles. The molecular formula is C22H22FN5O. The Morgan fingerprint density at radius 2 is 2.14 bits per heavy atom. The monoisotopic (exact) mass is 391 g/mol. The zero-order valence-electron chi connectivity index (χ0n) is 16.7. The first-order valence-electron chi connectivity index (χ1n) is 9.61. The summed E-state index contributed by atoms with van der Waals surface area (Å²) in [6.45, 7) is 6.43. The highest BCUT2D eigenvalue weighted by Crippen LogP contribution is 2.33. The standard InChI is InChI=1S/C22H22FN5O/c1-4-6-16-12-24-21(25-16)27-19-11-15(5-2)26-22(28-19)29-18-8-7-14-9-13(3)10-17(14)20(18)23/h4,6-8,10-11H,5,9,12H2,1-3H3,(H,24,26,27,28)/b6-4+. The van der Waals surface area contributed by atoms with Crippen LogP contribution in [0.4, 0.5) is 10.2 Å². The van der Waals surface area contributed by atoms with E-state index in [1.807, 2.05) is 51.1 Å². The van der Waals surface area contributed by atoms with Crippen molar-refractivity contribution in [2.45, 2.75) is 33.6 Å². The van der Waals surface area contributed by atoms with E-state index in [0.717, 1.165) is 29.0 Å². The summed E-state index contributed by atoms with van der Waals surface area (Å²) < 4.78 is 20.6. The molecule has 2 aliphatic rings. The maximum Gasteiger partial charge on any atom is 0.324 e. The minimum Gasteiger partial charge on any atom is -0.421 e. The van der Waals surface area contributed by atoms with Gasteiger partial charge in [0.25, 0.3) is 0 Å². The van der Waals surface area contributed by atoms with E-state index >= 15 is 0 Å². The molecule has 0 amide bonds. The average molecular weight is 391 g/mol. The Labute approximate surface area is 169 Å². The van der Waals surface area contributed by atoms with Crippen LogP contribution in [0.25, 0.3) is 6.08 Å². The van der Waals surface area contributed by atoms with Crippen LogP contribution in [0.5, 0.6) is 11.8 Å². The first-order valence-corrected chi connectivity index (χ1v) is 9.61. The van der Waals surface area contributed by atoms with E-state index in [4.69, 9.17) is 4.74 Å². The van der Waals surface area contributed by atoms with Crippen molar-refractivity contribution in [3.05, 3.63) is 58.6 Å². The molecule has 0 radical (unpaired) electrons. The lowest BCUT2D eigenvalue weighted by atomic mass is 10.1. The molecule has 2 heterocycles. The number of halogens is 1. The highest BCUT2D eigenvalue weighted by atomic mass is 19.1. The predicted molar refractivity (Wildman–Crippen MR) is 113 cm³/mol. The first kappa shape index (κ1) is 19.0. The van der Waals surface area contributed by atoms with Crippen LogP contribution in [-0.4, -0.2) is 28.2 Å². The lowest BCUT2D eigenvalue weighted by molar-refractivity contribution is 0.409. The molecule has 1 N–H and O–H groups in total. The van der Waals surface area contributed by atoms with Crippen molar-refractivity contribution in [1.29, 1.82) is 0 Å². The smallest absolute Gasteiger partial charge is 0.324 e. The second-order valence-corrected chi connectivity index (χ2v) is 6.97. The summed E-state index contributed by atoms with van der Waals surface area (Å²) in [7, 11) is 0. The molecule has 29 heavy (non-hydrogen) atoms. The lowest BCUT2D eigenvalue weighted by Gasteiger charge is -2.11. The van der Waals surface area contributed by atoms with Crippen LogP contribution in [0.1, 0.15) is 37.6 Å². The van der Waals surface area contributed by atoms with E-state index in [2.05, 4.69) is 25.3 Å². The number of nitrogens with one attached hydrogen (secondary N) is 1. The molecule has 4 rings (SSSR count). The Hall–Kier alpha value is -3.35.